The fourth-order valence-electron chi connectivity index (χ4n) is 5.33. The molecule has 3 aromatic carbocycles. The Morgan fingerprint density at radius 1 is 1.02 bits per heavy atom. The van der Waals surface area contributed by atoms with Gasteiger partial charge in [-0.3, -0.25) is 14.5 Å². The van der Waals surface area contributed by atoms with Crippen LogP contribution in [0.1, 0.15) is 13.3 Å². The molecule has 5 aromatic rings. The molecule has 3 N–H and O–H groups in total. The smallest absolute Gasteiger partial charge is 0.332 e. The topological polar surface area (TPSA) is 102 Å². The van der Waals surface area contributed by atoms with E-state index in [0.29, 0.717) is 40.4 Å². The second-order valence-electron chi connectivity index (χ2n) is 10.4. The minimum Gasteiger partial charge on any atom is -0.507 e. The summed E-state index contributed by atoms with van der Waals surface area (Å²) < 4.78 is 18.0. The minimum atomic E-state index is -0.517. The monoisotopic (exact) mass is 558 g/mol. The molecule has 1 aliphatic rings. The molecule has 0 spiro atoms. The molecular weight excluding hydrogens is 531 g/mol. The van der Waals surface area contributed by atoms with Crippen molar-refractivity contribution in [3.63, 3.8) is 0 Å². The number of fused-ring (bicyclic) bond motifs is 1. The summed E-state index contributed by atoms with van der Waals surface area (Å²) in [7, 11) is 1.65. The molecule has 8 nitrogen and oxygen atoms in total. The molecule has 1 unspecified atom stereocenters. The van der Waals surface area contributed by atoms with Crippen LogP contribution in [0.5, 0.6) is 5.75 Å². The Hall–Kier alpha value is -4.21. The van der Waals surface area contributed by atoms with Gasteiger partial charge in [0.15, 0.2) is 0 Å². The van der Waals surface area contributed by atoms with Crippen molar-refractivity contribution < 1.29 is 9.50 Å². The zero-order valence-corrected chi connectivity index (χ0v) is 22.8. The molecule has 0 bridgehead atoms. The first kappa shape index (κ1) is 26.0. The third-order valence-electron chi connectivity index (χ3n) is 7.76. The highest BCUT2D eigenvalue weighted by atomic mass is 35.5. The Balaban J connectivity index is 1.46. The fraction of sp³-hybridized carbons (Fsp3) is 0.233. The van der Waals surface area contributed by atoms with E-state index in [1.807, 2.05) is 6.07 Å². The van der Waals surface area contributed by atoms with Crippen molar-refractivity contribution in [1.29, 1.82) is 0 Å². The van der Waals surface area contributed by atoms with Gasteiger partial charge in [-0.25, -0.2) is 9.18 Å². The van der Waals surface area contributed by atoms with E-state index >= 15 is 4.39 Å². The summed E-state index contributed by atoms with van der Waals surface area (Å²) in [6, 6.07) is 11.3. The lowest BCUT2D eigenvalue weighted by atomic mass is 9.93. The van der Waals surface area contributed by atoms with Gasteiger partial charge in [-0.05, 0) is 59.9 Å². The van der Waals surface area contributed by atoms with Gasteiger partial charge in [-0.1, -0.05) is 24.6 Å². The fourth-order valence-corrected chi connectivity index (χ4v) is 5.60. The van der Waals surface area contributed by atoms with Crippen molar-refractivity contribution in [3.05, 3.63) is 88.6 Å². The maximum absolute atomic E-state index is 15.1. The molecule has 1 aliphatic heterocycles. The summed E-state index contributed by atoms with van der Waals surface area (Å²) in [4.78, 5) is 23.7. The first-order valence-corrected chi connectivity index (χ1v) is 13.4. The zero-order valence-electron chi connectivity index (χ0n) is 22.1. The third-order valence-corrected chi connectivity index (χ3v) is 8.06. The second kappa shape index (κ2) is 10.1. The molecule has 2 aromatic heterocycles. The molecule has 10 heteroatoms. The maximum atomic E-state index is 15.1. The Morgan fingerprint density at radius 2 is 1.77 bits per heavy atom. The van der Waals surface area contributed by atoms with Crippen LogP contribution in [0.2, 0.25) is 5.02 Å². The first-order chi connectivity index (χ1) is 19.2. The van der Waals surface area contributed by atoms with Crippen molar-refractivity contribution in [1.82, 2.24) is 19.1 Å². The van der Waals surface area contributed by atoms with Gasteiger partial charge in [0.2, 0.25) is 0 Å². The van der Waals surface area contributed by atoms with E-state index in [-0.39, 0.29) is 28.1 Å². The summed E-state index contributed by atoms with van der Waals surface area (Å²) in [6.07, 6.45) is 7.45. The number of aromatic hydroxyl groups is 1. The molecule has 204 valence electrons. The number of nitrogens with zero attached hydrogens (tertiary/aromatic N) is 5. The number of anilines is 1. The van der Waals surface area contributed by atoms with Crippen molar-refractivity contribution in [2.24, 2.45) is 18.7 Å². The van der Waals surface area contributed by atoms with Crippen LogP contribution in [0, 0.1) is 11.7 Å². The predicted molar refractivity (Wildman–Crippen MR) is 156 cm³/mol. The summed E-state index contributed by atoms with van der Waals surface area (Å²) in [6.45, 7) is 3.62. The lowest BCUT2D eigenvalue weighted by Gasteiger charge is -2.37. The maximum Gasteiger partial charge on any atom is 0.332 e. The number of halogens is 2. The number of phenols is 1. The Morgan fingerprint density at radius 3 is 2.48 bits per heavy atom. The van der Waals surface area contributed by atoms with Gasteiger partial charge >= 0.3 is 5.69 Å². The molecule has 0 radical (unpaired) electrons. The summed E-state index contributed by atoms with van der Waals surface area (Å²) >= 11 is 6.56. The van der Waals surface area contributed by atoms with E-state index in [4.69, 9.17) is 17.3 Å². The van der Waals surface area contributed by atoms with E-state index in [0.717, 1.165) is 24.2 Å². The quantitative estimate of drug-likeness (QED) is 0.317. The lowest BCUT2D eigenvalue weighted by molar-refractivity contribution is 0.379. The number of hydrogen-bond donors (Lipinski definition) is 2. The Kier molecular flexibility index (Phi) is 6.56. The number of nitrogens with two attached hydrogens (primary N) is 1. The predicted octanol–water partition coefficient (Wildman–Crippen LogP) is 5.12. The van der Waals surface area contributed by atoms with Crippen molar-refractivity contribution >= 4 is 28.3 Å². The van der Waals surface area contributed by atoms with Crippen LogP contribution in [0.15, 0.2) is 72.0 Å². The average molecular weight is 559 g/mol. The highest BCUT2D eigenvalue weighted by molar-refractivity contribution is 6.32. The number of aromatic nitrogens is 4. The zero-order chi connectivity index (χ0) is 28.1. The second-order valence-corrected chi connectivity index (χ2v) is 10.8. The van der Waals surface area contributed by atoms with Crippen LogP contribution in [0.3, 0.4) is 0 Å². The van der Waals surface area contributed by atoms with Gasteiger partial charge in [0, 0.05) is 62.1 Å². The standard InChI is InChI=1S/C30H28ClFN6O2/c1-17-5-8-37(16-24(17)33)27-13-19(12-25-28(27)35-7-6-34-25)22-15-20(32)14-21(29(22)39)18-3-4-26(23(31)11-18)38-10-9-36(2)30(38)40/h3-4,6-7,9-15,17,24,39H,5,8,16,33H2,1-2H3/t17?,24-/m1/s1. The number of phenolic OH excluding ortho intramolecular Hbond substituents is 1. The lowest BCUT2D eigenvalue weighted by Crippen LogP contribution is -2.47. The number of imidazole rings is 1. The summed E-state index contributed by atoms with van der Waals surface area (Å²) in [5.41, 5.74) is 10.5. The normalized spacial score (nSPS) is 17.5. The van der Waals surface area contributed by atoms with E-state index in [2.05, 4.69) is 21.8 Å². The van der Waals surface area contributed by atoms with E-state index in [9.17, 15) is 9.90 Å². The van der Waals surface area contributed by atoms with E-state index in [1.165, 1.54) is 21.3 Å². The van der Waals surface area contributed by atoms with Crippen LogP contribution in [0.4, 0.5) is 10.1 Å². The van der Waals surface area contributed by atoms with Crippen molar-refractivity contribution in [2.75, 3.05) is 18.0 Å². The van der Waals surface area contributed by atoms with Gasteiger partial charge in [-0.15, -0.1) is 0 Å². The molecule has 40 heavy (non-hydrogen) atoms. The molecule has 0 amide bonds. The summed E-state index contributed by atoms with van der Waals surface area (Å²) in [5.74, 6) is -0.206. The third kappa shape index (κ3) is 4.51. The molecule has 3 heterocycles. The minimum absolute atomic E-state index is 0.0118. The molecule has 1 fully saturated rings. The van der Waals surface area contributed by atoms with Crippen LogP contribution in [-0.4, -0.2) is 43.3 Å². The van der Waals surface area contributed by atoms with Crippen molar-refractivity contribution in [2.45, 2.75) is 19.4 Å². The largest absolute Gasteiger partial charge is 0.507 e. The molecule has 6 rings (SSSR count). The molecular formula is C30H28ClFN6O2. The molecule has 2 atom stereocenters. The summed E-state index contributed by atoms with van der Waals surface area (Å²) in [5, 5.41) is 11.7. The average Bonchev–Trinajstić information content (AvgIpc) is 3.28. The Labute approximate surface area is 235 Å². The number of rotatable bonds is 4. The highest BCUT2D eigenvalue weighted by Gasteiger charge is 2.26. The molecule has 1 saturated heterocycles. The van der Waals surface area contributed by atoms with Crippen LogP contribution in [0.25, 0.3) is 39.0 Å². The highest BCUT2D eigenvalue weighted by Crippen LogP contribution is 2.42. The van der Waals surface area contributed by atoms with Gasteiger partial charge < -0.3 is 20.3 Å². The first-order valence-electron chi connectivity index (χ1n) is 13.0. The number of hydrogen-bond acceptors (Lipinski definition) is 6. The van der Waals surface area contributed by atoms with E-state index in [1.54, 1.807) is 56.1 Å². The van der Waals surface area contributed by atoms with Crippen LogP contribution >= 0.6 is 11.6 Å². The number of piperidine rings is 1. The van der Waals surface area contributed by atoms with Crippen LogP contribution < -0.4 is 16.3 Å². The van der Waals surface area contributed by atoms with Gasteiger partial charge in [0.1, 0.15) is 17.1 Å². The van der Waals surface area contributed by atoms with Crippen LogP contribution in [-0.2, 0) is 7.05 Å². The molecule has 0 saturated carbocycles. The van der Waals surface area contributed by atoms with Gasteiger partial charge in [0.25, 0.3) is 0 Å². The number of benzene rings is 3. The van der Waals surface area contributed by atoms with Crippen molar-refractivity contribution in [3.8, 4) is 33.7 Å². The van der Waals surface area contributed by atoms with Gasteiger partial charge in [0.05, 0.1) is 21.9 Å². The Bertz CT molecular complexity index is 1820. The SMILES string of the molecule is CC1CCN(c2cc(-c3cc(F)cc(-c4ccc(-n5ccn(C)c5=O)c(Cl)c4)c3O)cc3nccnc23)C[C@H]1N. The van der Waals surface area contributed by atoms with E-state index < -0.39 is 5.82 Å². The van der Waals surface area contributed by atoms with Gasteiger partial charge in [-0.2, -0.15) is 0 Å². The number of aryl methyl sites for hydroxylation is 1. The molecule has 0 aliphatic carbocycles.